The Bertz CT molecular complexity index is 761. The molecule has 0 aromatic heterocycles. The Kier molecular flexibility index (Phi) is 25.2. The molecule has 272 valence electrons. The average molecular weight is 656 g/mol. The minimum absolute atomic E-state index is 0.0130. The van der Waals surface area contributed by atoms with Crippen LogP contribution in [-0.2, 0) is 9.47 Å². The first-order valence-corrected chi connectivity index (χ1v) is 18.9. The molecule has 8 heteroatoms. The molecule has 0 amide bonds. The Labute approximate surface area is 282 Å². The van der Waals surface area contributed by atoms with Gasteiger partial charge < -0.3 is 40.3 Å². The van der Waals surface area contributed by atoms with E-state index < -0.39 is 48.8 Å². The molecular weight excluding hydrogens is 582 g/mol. The molecule has 3 unspecified atom stereocenters. The van der Waals surface area contributed by atoms with Gasteiger partial charge in [-0.2, -0.15) is 0 Å². The van der Waals surface area contributed by atoms with Crippen molar-refractivity contribution in [3.63, 3.8) is 0 Å². The maximum Gasteiger partial charge on any atom is 0.186 e. The zero-order valence-electron chi connectivity index (χ0n) is 29.8. The van der Waals surface area contributed by atoms with Gasteiger partial charge in [0.1, 0.15) is 12.2 Å². The number of nitrogens with one attached hydrogen (secondary N) is 1. The van der Waals surface area contributed by atoms with Crippen LogP contribution in [0.25, 0.3) is 0 Å². The lowest BCUT2D eigenvalue weighted by atomic mass is 9.83. The number of unbranched alkanes of at least 4 members (excludes halogenated alkanes) is 18. The van der Waals surface area contributed by atoms with Crippen LogP contribution in [0.2, 0.25) is 0 Å². The van der Waals surface area contributed by atoms with Crippen LogP contribution in [0.1, 0.15) is 156 Å². The summed E-state index contributed by atoms with van der Waals surface area (Å²) in [5, 5.41) is 56.2. The molecule has 1 fully saturated rings. The van der Waals surface area contributed by atoms with Crippen molar-refractivity contribution < 1.29 is 35.0 Å². The van der Waals surface area contributed by atoms with E-state index in [1.807, 2.05) is 6.08 Å². The van der Waals surface area contributed by atoms with Gasteiger partial charge in [-0.15, -0.1) is 0 Å². The van der Waals surface area contributed by atoms with Crippen molar-refractivity contribution in [2.75, 3.05) is 19.8 Å². The van der Waals surface area contributed by atoms with Gasteiger partial charge in [0.05, 0.1) is 37.6 Å². The first kappa shape index (κ1) is 43.0. The van der Waals surface area contributed by atoms with Crippen LogP contribution in [0.15, 0.2) is 24.4 Å². The zero-order chi connectivity index (χ0) is 34.0. The highest BCUT2D eigenvalue weighted by Crippen LogP contribution is 2.30. The van der Waals surface area contributed by atoms with E-state index in [1.165, 1.54) is 110 Å². The number of aliphatic hydroxyl groups is 5. The van der Waals surface area contributed by atoms with E-state index in [2.05, 4.69) is 25.7 Å². The Balaban J connectivity index is 2.59. The van der Waals surface area contributed by atoms with Gasteiger partial charge in [0, 0.05) is 11.6 Å². The normalized spacial score (nSPS) is 25.0. The van der Waals surface area contributed by atoms with Crippen LogP contribution >= 0.6 is 0 Å². The molecule has 0 aromatic carbocycles. The lowest BCUT2D eigenvalue weighted by Gasteiger charge is -2.35. The summed E-state index contributed by atoms with van der Waals surface area (Å²) in [6.07, 6.45) is 24.4. The molecule has 1 aliphatic heterocycles. The van der Waals surface area contributed by atoms with E-state index in [1.54, 1.807) is 6.08 Å². The summed E-state index contributed by atoms with van der Waals surface area (Å²) in [6, 6.07) is -0.541. The second-order valence-corrected chi connectivity index (χ2v) is 13.9. The van der Waals surface area contributed by atoms with Crippen LogP contribution < -0.4 is 5.32 Å². The predicted octanol–water partition coefficient (Wildman–Crippen LogP) is 7.06. The highest BCUT2D eigenvalue weighted by Gasteiger charge is 2.48. The van der Waals surface area contributed by atoms with Crippen molar-refractivity contribution >= 4 is 0 Å². The van der Waals surface area contributed by atoms with Gasteiger partial charge in [-0.3, -0.25) is 0 Å². The molecule has 6 N–H and O–H groups in total. The monoisotopic (exact) mass is 656 g/mol. The minimum Gasteiger partial charge on any atom is -0.396 e. The number of hydrogen-bond acceptors (Lipinski definition) is 8. The first-order chi connectivity index (χ1) is 22.2. The van der Waals surface area contributed by atoms with E-state index in [0.717, 1.165) is 37.8 Å². The summed E-state index contributed by atoms with van der Waals surface area (Å²) in [6.45, 7) is 9.56. The fourth-order valence-corrected chi connectivity index (χ4v) is 6.13. The summed E-state index contributed by atoms with van der Waals surface area (Å²) in [4.78, 5) is 0. The largest absolute Gasteiger partial charge is 0.396 e. The summed E-state index contributed by atoms with van der Waals surface area (Å²) in [5.74, 6) is -0.782. The fourth-order valence-electron chi connectivity index (χ4n) is 6.13. The molecule has 0 bridgehead atoms. The van der Waals surface area contributed by atoms with Crippen molar-refractivity contribution in [1.29, 1.82) is 0 Å². The zero-order valence-corrected chi connectivity index (χ0v) is 29.8. The van der Waals surface area contributed by atoms with Gasteiger partial charge in [-0.05, 0) is 32.6 Å². The molecule has 1 heterocycles. The second kappa shape index (κ2) is 26.9. The van der Waals surface area contributed by atoms with Gasteiger partial charge in [0.25, 0.3) is 0 Å². The molecule has 1 saturated heterocycles. The Morgan fingerprint density at radius 2 is 1.37 bits per heavy atom. The van der Waals surface area contributed by atoms with E-state index in [0.29, 0.717) is 0 Å². The highest BCUT2D eigenvalue weighted by molar-refractivity contribution is 5.02. The third-order valence-electron chi connectivity index (χ3n) is 9.59. The first-order valence-electron chi connectivity index (χ1n) is 18.9. The van der Waals surface area contributed by atoms with Crippen LogP contribution in [0.5, 0.6) is 0 Å². The van der Waals surface area contributed by atoms with Crippen molar-refractivity contribution in [1.82, 2.24) is 5.32 Å². The number of aliphatic hydroxyl groups excluding tert-OH is 4. The van der Waals surface area contributed by atoms with Crippen molar-refractivity contribution in [2.24, 2.45) is 5.92 Å². The quantitative estimate of drug-likeness (QED) is 0.0373. The summed E-state index contributed by atoms with van der Waals surface area (Å²) in [5.41, 5.74) is -0.922. The Hall–Kier alpha value is -1.00. The van der Waals surface area contributed by atoms with Crippen LogP contribution in [0, 0.1) is 5.92 Å². The molecule has 1 aliphatic rings. The third-order valence-corrected chi connectivity index (χ3v) is 9.59. The van der Waals surface area contributed by atoms with E-state index in [4.69, 9.17) is 9.47 Å². The van der Waals surface area contributed by atoms with Gasteiger partial charge >= 0.3 is 0 Å². The second-order valence-electron chi connectivity index (χ2n) is 13.9. The fraction of sp³-hybridized carbons (Fsp3) is 0.895. The van der Waals surface area contributed by atoms with Gasteiger partial charge in [-0.25, -0.2) is 0 Å². The molecule has 0 radical (unpaired) electrons. The summed E-state index contributed by atoms with van der Waals surface area (Å²) >= 11 is 0. The van der Waals surface area contributed by atoms with E-state index in [-0.39, 0.29) is 13.2 Å². The van der Waals surface area contributed by atoms with E-state index >= 15 is 0 Å². The van der Waals surface area contributed by atoms with Crippen LogP contribution in [0.4, 0.5) is 0 Å². The molecule has 1 rings (SSSR count). The predicted molar refractivity (Wildman–Crippen MR) is 188 cm³/mol. The SMILES string of the molecule is C=C(CCCCCCCCCCC)N[C@@H](CO[C@@H]1OCC(CO)[C@](C)(O)C(O)C1O)[C@H](O)/C=C/CCCCCCCCCCCC. The minimum atomic E-state index is -1.75. The highest BCUT2D eigenvalue weighted by atomic mass is 16.7. The number of ether oxygens (including phenoxy) is 2. The van der Waals surface area contributed by atoms with Crippen LogP contribution in [-0.4, -0.2) is 81.6 Å². The standard InChI is InChI=1S/C38H73NO7/c1-5-7-9-11-13-15-16-17-19-21-23-25-27-34(41)33(39-31(3)26-24-22-20-18-14-12-10-8-6-2)30-46-37-35(42)36(43)38(4,44)32(28-40)29-45-37/h25,27,32-37,39-44H,3,5-24,26,28-30H2,1-2,4H3/b27-25+/t32?,33-,34+,35?,36?,37-,38-/m0/s1. The number of rotatable bonds is 29. The molecule has 0 aliphatic carbocycles. The lowest BCUT2D eigenvalue weighted by molar-refractivity contribution is -0.217. The summed E-state index contributed by atoms with van der Waals surface area (Å²) < 4.78 is 11.6. The number of hydrogen-bond donors (Lipinski definition) is 6. The van der Waals surface area contributed by atoms with E-state index in [9.17, 15) is 25.5 Å². The molecular formula is C38H73NO7. The maximum atomic E-state index is 11.1. The average Bonchev–Trinajstić information content (AvgIpc) is 3.11. The number of allylic oxidation sites excluding steroid dienone is 2. The van der Waals surface area contributed by atoms with Crippen molar-refractivity contribution in [3.05, 3.63) is 24.4 Å². The third kappa shape index (κ3) is 18.5. The Morgan fingerprint density at radius 1 is 0.870 bits per heavy atom. The Morgan fingerprint density at radius 3 is 1.89 bits per heavy atom. The molecule has 0 spiro atoms. The van der Waals surface area contributed by atoms with Gasteiger partial charge in [0.15, 0.2) is 6.29 Å². The summed E-state index contributed by atoms with van der Waals surface area (Å²) in [7, 11) is 0. The van der Waals surface area contributed by atoms with Gasteiger partial charge in [0.2, 0.25) is 0 Å². The van der Waals surface area contributed by atoms with Crippen LogP contribution in [0.3, 0.4) is 0 Å². The molecule has 0 aromatic rings. The lowest BCUT2D eigenvalue weighted by Crippen LogP contribution is -2.54. The smallest absolute Gasteiger partial charge is 0.186 e. The van der Waals surface area contributed by atoms with Crippen molar-refractivity contribution in [2.45, 2.75) is 192 Å². The maximum absolute atomic E-state index is 11.1. The molecule has 8 nitrogen and oxygen atoms in total. The molecule has 0 saturated carbocycles. The van der Waals surface area contributed by atoms with Crippen molar-refractivity contribution in [3.8, 4) is 0 Å². The van der Waals surface area contributed by atoms with Gasteiger partial charge in [-0.1, -0.05) is 142 Å². The molecule has 7 atom stereocenters. The topological polar surface area (TPSA) is 132 Å². The molecule has 46 heavy (non-hydrogen) atoms.